The number of nitrogens with two attached hydrogens (primary N) is 1. The van der Waals surface area contributed by atoms with Gasteiger partial charge in [0.05, 0.1) is 11.2 Å². The second-order valence-electron chi connectivity index (χ2n) is 4.23. The zero-order valence-corrected chi connectivity index (χ0v) is 10.3. The van der Waals surface area contributed by atoms with Gasteiger partial charge in [-0.2, -0.15) is 0 Å². The fourth-order valence-electron chi connectivity index (χ4n) is 2.04. The number of pyridine rings is 1. The van der Waals surface area contributed by atoms with E-state index in [4.69, 9.17) is 5.73 Å². The van der Waals surface area contributed by atoms with Crippen molar-refractivity contribution in [1.82, 2.24) is 15.0 Å². The van der Waals surface area contributed by atoms with Gasteiger partial charge in [-0.25, -0.2) is 9.97 Å². The van der Waals surface area contributed by atoms with Gasteiger partial charge in [-0.05, 0) is 12.1 Å². The number of amides is 1. The normalized spacial score (nSPS) is 10.6. The maximum Gasteiger partial charge on any atom is 0.260 e. The minimum atomic E-state index is -0.772. The molecule has 0 radical (unpaired) electrons. The molecule has 0 aliphatic carbocycles. The molecule has 6 heteroatoms. The molecule has 98 valence electrons. The molecule has 1 aromatic carbocycles. The Hall–Kier alpha value is -3.02. The van der Waals surface area contributed by atoms with E-state index in [1.165, 1.54) is 18.6 Å². The smallest absolute Gasteiger partial charge is 0.260 e. The van der Waals surface area contributed by atoms with E-state index in [0.717, 1.165) is 10.9 Å². The molecule has 2 heterocycles. The molecule has 1 amide bonds. The topological polar surface area (TPSA) is 102 Å². The summed E-state index contributed by atoms with van der Waals surface area (Å²) in [5.41, 5.74) is 6.60. The molecule has 0 aliphatic rings. The number of nitrogens with one attached hydrogen (secondary N) is 1. The summed E-state index contributed by atoms with van der Waals surface area (Å²) in [6.45, 7) is 0. The van der Waals surface area contributed by atoms with Crippen molar-refractivity contribution in [2.45, 2.75) is 0 Å². The molecular formula is C14H10N4O2. The Kier molecular flexibility index (Phi) is 2.76. The summed E-state index contributed by atoms with van der Waals surface area (Å²) in [4.78, 5) is 33.6. The highest BCUT2D eigenvalue weighted by molar-refractivity contribution is 5.96. The number of carbonyl (C=O) groups excluding carboxylic acids is 1. The minimum absolute atomic E-state index is 0.0924. The first-order valence-corrected chi connectivity index (χ1v) is 5.89. The quantitative estimate of drug-likeness (QED) is 0.724. The van der Waals surface area contributed by atoms with E-state index in [1.54, 1.807) is 0 Å². The number of carbonyl (C=O) groups is 1. The zero-order valence-electron chi connectivity index (χ0n) is 10.3. The number of fused-ring (bicyclic) bond motifs is 1. The van der Waals surface area contributed by atoms with E-state index >= 15 is 0 Å². The molecule has 3 aromatic rings. The minimum Gasteiger partial charge on any atom is -0.365 e. The Morgan fingerprint density at radius 3 is 2.80 bits per heavy atom. The highest BCUT2D eigenvalue weighted by atomic mass is 16.2. The lowest BCUT2D eigenvalue weighted by Gasteiger charge is -2.05. The van der Waals surface area contributed by atoms with Crippen LogP contribution in [0.2, 0.25) is 0 Å². The van der Waals surface area contributed by atoms with Crippen LogP contribution in [0, 0.1) is 0 Å². The number of primary amides is 1. The number of rotatable bonds is 2. The summed E-state index contributed by atoms with van der Waals surface area (Å²) in [6.07, 6.45) is 2.94. The fraction of sp³-hybridized carbons (Fsp3) is 0. The van der Waals surface area contributed by atoms with Crippen molar-refractivity contribution in [1.29, 1.82) is 0 Å². The third kappa shape index (κ3) is 1.93. The Morgan fingerprint density at radius 2 is 2.00 bits per heavy atom. The average molecular weight is 266 g/mol. The summed E-state index contributed by atoms with van der Waals surface area (Å²) in [7, 11) is 0. The molecule has 0 atom stereocenters. The van der Waals surface area contributed by atoms with Crippen molar-refractivity contribution in [2.24, 2.45) is 5.73 Å². The summed E-state index contributed by atoms with van der Waals surface area (Å²) in [5.74, 6) is -0.772. The first-order chi connectivity index (χ1) is 9.66. The van der Waals surface area contributed by atoms with Crippen LogP contribution in [-0.2, 0) is 0 Å². The molecule has 3 rings (SSSR count). The van der Waals surface area contributed by atoms with E-state index in [-0.39, 0.29) is 5.56 Å². The van der Waals surface area contributed by atoms with Crippen molar-refractivity contribution in [3.05, 3.63) is 58.8 Å². The van der Waals surface area contributed by atoms with Gasteiger partial charge in [0.15, 0.2) is 0 Å². The molecular weight excluding hydrogens is 256 g/mol. The van der Waals surface area contributed by atoms with Gasteiger partial charge in [0.1, 0.15) is 11.9 Å². The number of aromatic amines is 1. The number of aromatic nitrogens is 3. The van der Waals surface area contributed by atoms with Crippen LogP contribution in [0.15, 0.2) is 47.7 Å². The maximum atomic E-state index is 11.5. The van der Waals surface area contributed by atoms with Crippen LogP contribution in [0.5, 0.6) is 0 Å². The first-order valence-electron chi connectivity index (χ1n) is 5.89. The Morgan fingerprint density at radius 1 is 1.20 bits per heavy atom. The summed E-state index contributed by atoms with van der Waals surface area (Å²) >= 11 is 0. The number of benzene rings is 1. The number of nitrogens with zero attached hydrogens (tertiary/aromatic N) is 2. The van der Waals surface area contributed by atoms with Crippen LogP contribution >= 0.6 is 0 Å². The molecule has 3 N–H and O–H groups in total. The van der Waals surface area contributed by atoms with Crippen LogP contribution in [-0.4, -0.2) is 20.9 Å². The highest BCUT2D eigenvalue weighted by Gasteiger charge is 2.11. The molecule has 20 heavy (non-hydrogen) atoms. The van der Waals surface area contributed by atoms with Gasteiger partial charge in [-0.3, -0.25) is 9.59 Å². The Balaban J connectivity index is 2.29. The molecule has 0 aliphatic heterocycles. The van der Waals surface area contributed by atoms with E-state index < -0.39 is 11.5 Å². The van der Waals surface area contributed by atoms with Gasteiger partial charge in [0.2, 0.25) is 0 Å². The van der Waals surface area contributed by atoms with Crippen molar-refractivity contribution in [3.63, 3.8) is 0 Å². The van der Waals surface area contributed by atoms with E-state index in [2.05, 4.69) is 15.0 Å². The van der Waals surface area contributed by atoms with Crippen LogP contribution in [0.1, 0.15) is 10.4 Å². The Bertz CT molecular complexity index is 865. The molecule has 0 saturated carbocycles. The average Bonchev–Trinajstić information content (AvgIpc) is 2.47. The van der Waals surface area contributed by atoms with Crippen LogP contribution in [0.25, 0.3) is 22.2 Å². The number of hydrogen-bond donors (Lipinski definition) is 2. The summed E-state index contributed by atoms with van der Waals surface area (Å²) in [6, 6.07) is 8.92. The van der Waals surface area contributed by atoms with E-state index in [1.807, 2.05) is 24.3 Å². The van der Waals surface area contributed by atoms with Crippen molar-refractivity contribution < 1.29 is 4.79 Å². The van der Waals surface area contributed by atoms with Gasteiger partial charge >= 0.3 is 0 Å². The monoisotopic (exact) mass is 266 g/mol. The molecule has 6 nitrogen and oxygen atoms in total. The zero-order chi connectivity index (χ0) is 14.1. The predicted octanol–water partition coefficient (Wildman–Crippen LogP) is 1.08. The lowest BCUT2D eigenvalue weighted by molar-refractivity contribution is 0.0999. The second kappa shape index (κ2) is 4.58. The molecule has 2 aromatic heterocycles. The predicted molar refractivity (Wildman–Crippen MR) is 74.1 cm³/mol. The van der Waals surface area contributed by atoms with Crippen LogP contribution < -0.4 is 11.3 Å². The maximum absolute atomic E-state index is 11.5. The lowest BCUT2D eigenvalue weighted by Crippen LogP contribution is -2.23. The third-order valence-electron chi connectivity index (χ3n) is 2.98. The Labute approximate surface area is 113 Å². The first kappa shape index (κ1) is 12.0. The van der Waals surface area contributed by atoms with E-state index in [9.17, 15) is 9.59 Å². The van der Waals surface area contributed by atoms with Gasteiger partial charge in [-0.1, -0.05) is 18.2 Å². The molecule has 0 fully saturated rings. The van der Waals surface area contributed by atoms with Gasteiger partial charge in [0, 0.05) is 17.1 Å². The highest BCUT2D eigenvalue weighted by Crippen LogP contribution is 2.24. The fourth-order valence-corrected chi connectivity index (χ4v) is 2.04. The van der Waals surface area contributed by atoms with Crippen LogP contribution in [0.4, 0.5) is 0 Å². The lowest BCUT2D eigenvalue weighted by atomic mass is 10.1. The molecule has 0 bridgehead atoms. The molecule has 0 spiro atoms. The van der Waals surface area contributed by atoms with Crippen molar-refractivity contribution in [2.75, 3.05) is 0 Å². The number of H-pyrrole nitrogens is 1. The molecule has 0 saturated heterocycles. The van der Waals surface area contributed by atoms with Gasteiger partial charge in [-0.15, -0.1) is 0 Å². The third-order valence-corrected chi connectivity index (χ3v) is 2.98. The standard InChI is InChI=1S/C14H10N4O2/c15-13(19)10-5-8(6-16-14(10)20)12-9-3-1-2-4-11(9)17-7-18-12/h1-7H,(H2,15,19)(H,16,20). The SMILES string of the molecule is NC(=O)c1cc(-c2ncnc3ccccc23)c[nH]c1=O. The van der Waals surface area contributed by atoms with Crippen molar-refractivity contribution in [3.8, 4) is 11.3 Å². The van der Waals surface area contributed by atoms with Crippen molar-refractivity contribution >= 4 is 16.8 Å². The summed E-state index contributed by atoms with van der Waals surface area (Å²) < 4.78 is 0. The molecule has 0 unspecified atom stereocenters. The summed E-state index contributed by atoms with van der Waals surface area (Å²) in [5, 5.41) is 0.831. The van der Waals surface area contributed by atoms with Gasteiger partial charge < -0.3 is 10.7 Å². The number of hydrogen-bond acceptors (Lipinski definition) is 4. The second-order valence-corrected chi connectivity index (χ2v) is 4.23. The van der Waals surface area contributed by atoms with E-state index in [0.29, 0.717) is 11.3 Å². The van der Waals surface area contributed by atoms with Crippen LogP contribution in [0.3, 0.4) is 0 Å². The number of para-hydroxylation sites is 1. The van der Waals surface area contributed by atoms with Gasteiger partial charge in [0.25, 0.3) is 11.5 Å². The largest absolute Gasteiger partial charge is 0.365 e.